The van der Waals surface area contributed by atoms with Crippen LogP contribution in [0, 0.1) is 5.82 Å². The van der Waals surface area contributed by atoms with E-state index < -0.39 is 17.8 Å². The van der Waals surface area contributed by atoms with Gasteiger partial charge < -0.3 is 15.6 Å². The maximum Gasteiger partial charge on any atom is 0.304 e. The van der Waals surface area contributed by atoms with Gasteiger partial charge >= 0.3 is 5.97 Å². The molecule has 0 aliphatic heterocycles. The summed E-state index contributed by atoms with van der Waals surface area (Å²) in [6.07, 6.45) is 1.09. The normalized spacial score (nSPS) is 11.5. The molecule has 0 amide bonds. The third-order valence-electron chi connectivity index (χ3n) is 3.39. The molecule has 0 radical (unpaired) electrons. The molecule has 148 valence electrons. The fraction of sp³-hybridized carbons (Fsp3) is 0.188. The Bertz CT molecular complexity index is 954. The first-order valence-corrected chi connectivity index (χ1v) is 8.13. The van der Waals surface area contributed by atoms with Gasteiger partial charge in [-0.1, -0.05) is 11.6 Å². The van der Waals surface area contributed by atoms with Crippen molar-refractivity contribution in [3.8, 4) is 23.0 Å². The summed E-state index contributed by atoms with van der Waals surface area (Å²) in [7, 11) is 0. The number of hydrogen-bond acceptors (Lipinski definition) is 7. The van der Waals surface area contributed by atoms with Crippen LogP contribution in [0.4, 0.5) is 4.39 Å². The van der Waals surface area contributed by atoms with Crippen molar-refractivity contribution >= 4 is 30.0 Å². The molecule has 2 heterocycles. The molecule has 12 heteroatoms. The molecule has 3 aromatic rings. The third kappa shape index (κ3) is 5.59. The molecule has 0 aliphatic carbocycles. The Kier molecular flexibility index (Phi) is 7.21. The number of carbonyl (C=O) groups is 1. The highest BCUT2D eigenvalue weighted by Crippen LogP contribution is 2.25. The molecule has 0 aliphatic rings. The van der Waals surface area contributed by atoms with Crippen molar-refractivity contribution in [1.82, 2.24) is 25.2 Å². The smallest absolute Gasteiger partial charge is 0.304 e. The first-order chi connectivity index (χ1) is 12.9. The average Bonchev–Trinajstić information content (AvgIpc) is 3.05. The highest BCUT2D eigenvalue weighted by atomic mass is 35.5. The van der Waals surface area contributed by atoms with E-state index in [4.69, 9.17) is 27.2 Å². The van der Waals surface area contributed by atoms with Crippen molar-refractivity contribution in [1.29, 1.82) is 0 Å². The number of halogens is 3. The lowest BCUT2D eigenvalue weighted by Gasteiger charge is -2.06. The molecule has 1 aromatic carbocycles. The molecule has 3 N–H and O–H groups in total. The fourth-order valence-electron chi connectivity index (χ4n) is 2.20. The van der Waals surface area contributed by atoms with Gasteiger partial charge in [-0.3, -0.25) is 4.79 Å². The van der Waals surface area contributed by atoms with Crippen molar-refractivity contribution in [3.05, 3.63) is 47.4 Å². The molecule has 0 unspecified atom stereocenters. The summed E-state index contributed by atoms with van der Waals surface area (Å²) in [5.74, 6) is -1.16. The van der Waals surface area contributed by atoms with Crippen molar-refractivity contribution in [2.75, 3.05) is 0 Å². The van der Waals surface area contributed by atoms with Gasteiger partial charge in [0.2, 0.25) is 5.82 Å². The first kappa shape index (κ1) is 21.5. The van der Waals surface area contributed by atoms with E-state index in [9.17, 15) is 9.18 Å². The molecule has 1 atom stereocenters. The zero-order chi connectivity index (χ0) is 19.4. The second-order valence-corrected chi connectivity index (χ2v) is 6.03. The Morgan fingerprint density at radius 3 is 2.71 bits per heavy atom. The van der Waals surface area contributed by atoms with E-state index in [1.165, 1.54) is 11.0 Å². The van der Waals surface area contributed by atoms with E-state index in [1.54, 1.807) is 24.3 Å². The lowest BCUT2D eigenvalue weighted by molar-refractivity contribution is -0.137. The number of nitrogens with zero attached hydrogens (tertiary/aromatic N) is 5. The molecule has 0 fully saturated rings. The summed E-state index contributed by atoms with van der Waals surface area (Å²) >= 11 is 5.65. The van der Waals surface area contributed by atoms with Crippen molar-refractivity contribution in [2.24, 2.45) is 5.73 Å². The monoisotopic (exact) mass is 428 g/mol. The molecule has 3 rings (SSSR count). The van der Waals surface area contributed by atoms with Gasteiger partial charge in [-0.05, 0) is 35.5 Å². The maximum absolute atomic E-state index is 13.7. The molecular formula is C16H15Cl2FN6O3. The summed E-state index contributed by atoms with van der Waals surface area (Å²) in [5, 5.41) is 20.8. The van der Waals surface area contributed by atoms with Gasteiger partial charge in [-0.25, -0.2) is 9.37 Å². The van der Waals surface area contributed by atoms with Crippen molar-refractivity contribution < 1.29 is 19.0 Å². The van der Waals surface area contributed by atoms with Crippen LogP contribution in [0.3, 0.4) is 0 Å². The topological polar surface area (TPSA) is 129 Å². The molecule has 0 saturated heterocycles. The predicted molar refractivity (Wildman–Crippen MR) is 100 cm³/mol. The Hall–Kier alpha value is -2.82. The number of aliphatic carboxylic acids is 1. The highest BCUT2D eigenvalue weighted by Gasteiger charge is 2.13. The summed E-state index contributed by atoms with van der Waals surface area (Å²) in [6.45, 7) is 0.127. The molecule has 0 spiro atoms. The SMILES string of the molecule is Cl.N[C@H](CC(=O)O)Cn1nnc(-c2ccc(Oc3ncc(Cl)cc3F)cc2)n1. The highest BCUT2D eigenvalue weighted by molar-refractivity contribution is 6.30. The molecular weight excluding hydrogens is 414 g/mol. The Morgan fingerprint density at radius 2 is 2.07 bits per heavy atom. The van der Waals surface area contributed by atoms with E-state index in [-0.39, 0.29) is 36.3 Å². The number of tetrazole rings is 1. The molecule has 0 bridgehead atoms. The molecule has 0 saturated carbocycles. The number of rotatable bonds is 7. The van der Waals surface area contributed by atoms with Gasteiger partial charge in [-0.2, -0.15) is 4.80 Å². The van der Waals surface area contributed by atoms with Crippen LogP contribution in [0.25, 0.3) is 11.4 Å². The predicted octanol–water partition coefficient (Wildman–Crippen LogP) is 2.54. The van der Waals surface area contributed by atoms with E-state index in [1.807, 2.05) is 0 Å². The number of pyridine rings is 1. The van der Waals surface area contributed by atoms with E-state index >= 15 is 0 Å². The Balaban J connectivity index is 0.00000280. The summed E-state index contributed by atoms with van der Waals surface area (Å²) < 4.78 is 19.1. The van der Waals surface area contributed by atoms with Gasteiger partial charge in [0.25, 0.3) is 5.88 Å². The Morgan fingerprint density at radius 1 is 1.36 bits per heavy atom. The van der Waals surface area contributed by atoms with Crippen LogP contribution in [0.2, 0.25) is 5.02 Å². The molecule has 2 aromatic heterocycles. The second kappa shape index (κ2) is 9.40. The Labute approximate surface area is 169 Å². The number of carboxylic acid groups (broad SMARTS) is 1. The molecule has 28 heavy (non-hydrogen) atoms. The van der Waals surface area contributed by atoms with E-state index in [2.05, 4.69) is 20.4 Å². The van der Waals surface area contributed by atoms with Crippen LogP contribution >= 0.6 is 24.0 Å². The number of hydrogen-bond donors (Lipinski definition) is 2. The van der Waals surface area contributed by atoms with E-state index in [0.717, 1.165) is 6.07 Å². The maximum atomic E-state index is 13.7. The van der Waals surface area contributed by atoms with Gasteiger partial charge in [0.1, 0.15) is 5.75 Å². The molecule has 9 nitrogen and oxygen atoms in total. The van der Waals surface area contributed by atoms with Gasteiger partial charge in [-0.15, -0.1) is 22.6 Å². The van der Waals surface area contributed by atoms with Crippen LogP contribution in [0.5, 0.6) is 11.6 Å². The number of ether oxygens (including phenoxy) is 1. The minimum Gasteiger partial charge on any atom is -0.481 e. The van der Waals surface area contributed by atoms with Crippen LogP contribution < -0.4 is 10.5 Å². The standard InChI is InChI=1S/C16H14ClFN6O3.ClH/c17-10-5-13(18)16(20-7-10)27-12-3-1-9(2-4-12)15-21-23-24(22-15)8-11(19)6-14(25)26;/h1-5,7,11H,6,8,19H2,(H,25,26);1H/t11-;/m1./s1. The quantitative estimate of drug-likeness (QED) is 0.586. The van der Waals surface area contributed by atoms with E-state index in [0.29, 0.717) is 17.1 Å². The summed E-state index contributed by atoms with van der Waals surface area (Å²) in [4.78, 5) is 15.7. The largest absolute Gasteiger partial charge is 0.481 e. The van der Waals surface area contributed by atoms with Gasteiger partial charge in [0, 0.05) is 17.8 Å². The summed E-state index contributed by atoms with van der Waals surface area (Å²) in [5.41, 5.74) is 6.34. The van der Waals surface area contributed by atoms with Crippen LogP contribution in [0.15, 0.2) is 36.5 Å². The van der Waals surface area contributed by atoms with Crippen LogP contribution in [-0.4, -0.2) is 42.3 Å². The number of benzene rings is 1. The third-order valence-corrected chi connectivity index (χ3v) is 3.60. The lowest BCUT2D eigenvalue weighted by atomic mass is 10.2. The number of nitrogens with two attached hydrogens (primary N) is 1. The minimum atomic E-state index is -0.995. The van der Waals surface area contributed by atoms with Crippen LogP contribution in [0.1, 0.15) is 6.42 Å². The number of aromatic nitrogens is 5. The second-order valence-electron chi connectivity index (χ2n) is 5.59. The van der Waals surface area contributed by atoms with Gasteiger partial charge in [0.15, 0.2) is 5.82 Å². The number of carboxylic acids is 1. The van der Waals surface area contributed by atoms with Crippen molar-refractivity contribution in [2.45, 2.75) is 19.0 Å². The zero-order valence-corrected chi connectivity index (χ0v) is 15.8. The fourth-order valence-corrected chi connectivity index (χ4v) is 2.34. The van der Waals surface area contributed by atoms with Crippen molar-refractivity contribution in [3.63, 3.8) is 0 Å². The minimum absolute atomic E-state index is 0. The summed E-state index contributed by atoms with van der Waals surface area (Å²) in [6, 6.07) is 7.02. The average molecular weight is 429 g/mol. The zero-order valence-electron chi connectivity index (χ0n) is 14.2. The van der Waals surface area contributed by atoms with Gasteiger partial charge in [0.05, 0.1) is 18.0 Å². The first-order valence-electron chi connectivity index (χ1n) is 7.75. The van der Waals surface area contributed by atoms with Crippen LogP contribution in [-0.2, 0) is 11.3 Å². The lowest BCUT2D eigenvalue weighted by Crippen LogP contribution is -2.30.